The molecule has 0 aliphatic carbocycles. The van der Waals surface area contributed by atoms with Crippen LogP contribution in [0.3, 0.4) is 0 Å². The van der Waals surface area contributed by atoms with Crippen LogP contribution in [0.5, 0.6) is 0 Å². The Kier molecular flexibility index (Phi) is 3.51. The van der Waals surface area contributed by atoms with E-state index in [0.29, 0.717) is 19.0 Å². The molecule has 0 aromatic carbocycles. The first-order valence-corrected chi connectivity index (χ1v) is 7.88. The summed E-state index contributed by atoms with van der Waals surface area (Å²) in [5.74, 6) is 0.608. The molecule has 2 rings (SSSR count). The van der Waals surface area contributed by atoms with E-state index < -0.39 is 9.84 Å². The van der Waals surface area contributed by atoms with Crippen molar-refractivity contribution in [2.75, 3.05) is 38.3 Å². The Bertz CT molecular complexity index is 384. The predicted octanol–water partition coefficient (Wildman–Crippen LogP) is -0.531. The fraction of sp³-hybridized carbons (Fsp3) is 1.00. The van der Waals surface area contributed by atoms with Crippen molar-refractivity contribution in [2.45, 2.75) is 25.4 Å². The molecule has 0 bridgehead atoms. The summed E-state index contributed by atoms with van der Waals surface area (Å²) >= 11 is 0. The Morgan fingerprint density at radius 3 is 2.71 bits per heavy atom. The first-order valence-electron chi connectivity index (χ1n) is 6.06. The quantitative estimate of drug-likeness (QED) is 0.740. The lowest BCUT2D eigenvalue weighted by Crippen LogP contribution is -2.48. The summed E-state index contributed by atoms with van der Waals surface area (Å²) in [5, 5.41) is 0. The summed E-state index contributed by atoms with van der Waals surface area (Å²) in [6, 6.07) is 0.188. The van der Waals surface area contributed by atoms with Gasteiger partial charge in [-0.2, -0.15) is 0 Å². The molecule has 2 heterocycles. The zero-order valence-electron chi connectivity index (χ0n) is 10.6. The second-order valence-electron chi connectivity index (χ2n) is 5.75. The molecule has 3 unspecified atom stereocenters. The largest absolute Gasteiger partial charge is 0.379 e. The van der Waals surface area contributed by atoms with Gasteiger partial charge in [-0.3, -0.25) is 0 Å². The van der Waals surface area contributed by atoms with Gasteiger partial charge in [0.25, 0.3) is 0 Å². The van der Waals surface area contributed by atoms with Crippen molar-refractivity contribution >= 4 is 9.84 Å². The van der Waals surface area contributed by atoms with E-state index in [1.165, 1.54) is 0 Å². The van der Waals surface area contributed by atoms with Crippen LogP contribution in [0.2, 0.25) is 0 Å². The minimum atomic E-state index is -2.81. The third-order valence-electron chi connectivity index (χ3n) is 4.07. The highest BCUT2D eigenvalue weighted by molar-refractivity contribution is 7.91. The molecule has 2 saturated heterocycles. The Labute approximate surface area is 103 Å². The number of rotatable bonds is 3. The third kappa shape index (κ3) is 2.81. The molecule has 6 heteroatoms. The molecule has 0 spiro atoms. The van der Waals surface area contributed by atoms with E-state index in [4.69, 9.17) is 10.5 Å². The fourth-order valence-corrected chi connectivity index (χ4v) is 4.52. The van der Waals surface area contributed by atoms with Crippen molar-refractivity contribution < 1.29 is 13.2 Å². The number of nitrogens with two attached hydrogens (primary N) is 1. The maximum atomic E-state index is 11.5. The van der Waals surface area contributed by atoms with Crippen LogP contribution in [0.25, 0.3) is 0 Å². The van der Waals surface area contributed by atoms with Crippen molar-refractivity contribution in [3.8, 4) is 0 Å². The molecule has 2 fully saturated rings. The number of hydrogen-bond donors (Lipinski definition) is 1. The van der Waals surface area contributed by atoms with Crippen molar-refractivity contribution in [3.63, 3.8) is 0 Å². The van der Waals surface area contributed by atoms with E-state index in [2.05, 4.69) is 11.8 Å². The van der Waals surface area contributed by atoms with E-state index in [1.807, 2.05) is 7.05 Å². The highest BCUT2D eigenvalue weighted by Gasteiger charge is 2.41. The van der Waals surface area contributed by atoms with Crippen LogP contribution in [0.1, 0.15) is 13.3 Å². The van der Waals surface area contributed by atoms with Gasteiger partial charge in [-0.15, -0.1) is 0 Å². The average molecular weight is 262 g/mol. The summed E-state index contributed by atoms with van der Waals surface area (Å²) in [6.07, 6.45) is 0.741. The van der Waals surface area contributed by atoms with E-state index in [0.717, 1.165) is 13.0 Å². The molecule has 3 atom stereocenters. The molecule has 0 radical (unpaired) electrons. The van der Waals surface area contributed by atoms with E-state index in [1.54, 1.807) is 0 Å². The van der Waals surface area contributed by atoms with Gasteiger partial charge in [0.15, 0.2) is 9.84 Å². The summed E-state index contributed by atoms with van der Waals surface area (Å²) in [4.78, 5) is 2.14. The van der Waals surface area contributed by atoms with Gasteiger partial charge in [0.05, 0.1) is 24.7 Å². The van der Waals surface area contributed by atoms with Crippen LogP contribution in [-0.2, 0) is 14.6 Å². The fourth-order valence-electron chi connectivity index (χ4n) is 2.71. The van der Waals surface area contributed by atoms with Crippen LogP contribution in [-0.4, -0.2) is 63.7 Å². The standard InChI is InChI=1S/C11H22N2O3S/c1-11(8-16-5-10(11)12)7-13(2)9-3-4-17(14,15)6-9/h9-10H,3-8,12H2,1-2H3. The number of sulfone groups is 1. The third-order valence-corrected chi connectivity index (χ3v) is 5.82. The van der Waals surface area contributed by atoms with E-state index >= 15 is 0 Å². The molecule has 0 saturated carbocycles. The van der Waals surface area contributed by atoms with E-state index in [-0.39, 0.29) is 23.3 Å². The molecule has 17 heavy (non-hydrogen) atoms. The minimum Gasteiger partial charge on any atom is -0.379 e. The highest BCUT2D eigenvalue weighted by Crippen LogP contribution is 2.29. The molecular formula is C11H22N2O3S. The lowest BCUT2D eigenvalue weighted by atomic mass is 9.85. The summed E-state index contributed by atoms with van der Waals surface area (Å²) < 4.78 is 28.3. The summed E-state index contributed by atoms with van der Waals surface area (Å²) in [5.41, 5.74) is 5.99. The van der Waals surface area contributed by atoms with Gasteiger partial charge in [0.2, 0.25) is 0 Å². The Morgan fingerprint density at radius 2 is 2.24 bits per heavy atom. The van der Waals surface area contributed by atoms with Crippen LogP contribution in [0.4, 0.5) is 0 Å². The van der Waals surface area contributed by atoms with Crippen molar-refractivity contribution in [1.82, 2.24) is 4.90 Å². The smallest absolute Gasteiger partial charge is 0.151 e. The molecule has 0 amide bonds. The lowest BCUT2D eigenvalue weighted by Gasteiger charge is -2.34. The first kappa shape index (κ1) is 13.3. The van der Waals surface area contributed by atoms with Gasteiger partial charge < -0.3 is 15.4 Å². The van der Waals surface area contributed by atoms with Crippen molar-refractivity contribution in [1.29, 1.82) is 0 Å². The summed E-state index contributed by atoms with van der Waals surface area (Å²) in [6.45, 7) is 4.18. The van der Waals surface area contributed by atoms with Crippen LogP contribution < -0.4 is 5.73 Å². The molecular weight excluding hydrogens is 240 g/mol. The van der Waals surface area contributed by atoms with Crippen molar-refractivity contribution in [2.24, 2.45) is 11.1 Å². The highest BCUT2D eigenvalue weighted by atomic mass is 32.2. The zero-order valence-corrected chi connectivity index (χ0v) is 11.4. The molecule has 2 aliphatic rings. The van der Waals surface area contributed by atoms with Gasteiger partial charge in [-0.05, 0) is 13.5 Å². The van der Waals surface area contributed by atoms with Gasteiger partial charge in [-0.25, -0.2) is 8.42 Å². The average Bonchev–Trinajstić information content (AvgIpc) is 2.72. The predicted molar refractivity (Wildman–Crippen MR) is 66.6 cm³/mol. The summed E-state index contributed by atoms with van der Waals surface area (Å²) in [7, 11) is -0.824. The Hall–Kier alpha value is -0.170. The first-order chi connectivity index (χ1) is 7.82. The SMILES string of the molecule is CN(CC1(C)COCC1N)C1CCS(=O)(=O)C1. The number of hydrogen-bond acceptors (Lipinski definition) is 5. The lowest BCUT2D eigenvalue weighted by molar-refractivity contribution is 0.116. The van der Waals surface area contributed by atoms with Gasteiger partial charge in [0, 0.05) is 24.0 Å². The van der Waals surface area contributed by atoms with Crippen LogP contribution in [0.15, 0.2) is 0 Å². The maximum absolute atomic E-state index is 11.5. The molecule has 2 N–H and O–H groups in total. The topological polar surface area (TPSA) is 72.6 Å². The van der Waals surface area contributed by atoms with Gasteiger partial charge in [0.1, 0.15) is 0 Å². The van der Waals surface area contributed by atoms with Gasteiger partial charge >= 0.3 is 0 Å². The van der Waals surface area contributed by atoms with Crippen LogP contribution >= 0.6 is 0 Å². The Morgan fingerprint density at radius 1 is 1.53 bits per heavy atom. The Balaban J connectivity index is 1.96. The van der Waals surface area contributed by atoms with Crippen LogP contribution in [0, 0.1) is 5.41 Å². The minimum absolute atomic E-state index is 0.0444. The molecule has 0 aromatic rings. The second kappa shape index (κ2) is 4.50. The van der Waals surface area contributed by atoms with Gasteiger partial charge in [-0.1, -0.05) is 6.92 Å². The number of nitrogens with zero attached hydrogens (tertiary/aromatic N) is 1. The monoisotopic (exact) mass is 262 g/mol. The van der Waals surface area contributed by atoms with Crippen molar-refractivity contribution in [3.05, 3.63) is 0 Å². The molecule has 100 valence electrons. The zero-order chi connectivity index (χ0) is 12.7. The molecule has 5 nitrogen and oxygen atoms in total. The molecule has 2 aliphatic heterocycles. The van der Waals surface area contributed by atoms with E-state index in [9.17, 15) is 8.42 Å². The number of ether oxygens (including phenoxy) is 1. The maximum Gasteiger partial charge on any atom is 0.151 e. The normalized spacial score (nSPS) is 41.2. The second-order valence-corrected chi connectivity index (χ2v) is 7.98. The molecule has 0 aromatic heterocycles.